The van der Waals surface area contributed by atoms with Crippen LogP contribution >= 0.6 is 0 Å². The number of nitrogens with one attached hydrogen (secondary N) is 2. The molecule has 1 aromatic carbocycles. The second-order valence-electron chi connectivity index (χ2n) is 5.32. The predicted octanol–water partition coefficient (Wildman–Crippen LogP) is 1.98. The molecule has 18 heavy (non-hydrogen) atoms. The average Bonchev–Trinajstić information content (AvgIpc) is 2.65. The number of hydrogen-bond donors (Lipinski definition) is 2. The number of hydrogen-bond acceptors (Lipinski definition) is 3. The topological polar surface area (TPSA) is 27.3 Å². The fraction of sp³-hybridized carbons (Fsp3) is 0.600. The van der Waals surface area contributed by atoms with Gasteiger partial charge in [0.1, 0.15) is 0 Å². The van der Waals surface area contributed by atoms with E-state index in [0.29, 0.717) is 6.04 Å². The van der Waals surface area contributed by atoms with E-state index in [1.54, 1.807) is 0 Å². The molecule has 1 aromatic rings. The first kappa shape index (κ1) is 13.4. The standard InChI is InChI=1S/C15H25N3/c1-18(2)15-7-5-13(6-8-15)12-17-14-4-3-10-16-11-9-14/h5-8,14,16-17H,3-4,9-12H2,1-2H3. The zero-order valence-corrected chi connectivity index (χ0v) is 11.6. The van der Waals surface area contributed by atoms with Crippen LogP contribution in [0.3, 0.4) is 0 Å². The Hall–Kier alpha value is -1.06. The van der Waals surface area contributed by atoms with Gasteiger partial charge < -0.3 is 15.5 Å². The minimum atomic E-state index is 0.675. The van der Waals surface area contributed by atoms with Gasteiger partial charge in [-0.15, -0.1) is 0 Å². The van der Waals surface area contributed by atoms with Crippen molar-refractivity contribution in [2.75, 3.05) is 32.1 Å². The summed E-state index contributed by atoms with van der Waals surface area (Å²) in [5.41, 5.74) is 2.63. The molecule has 100 valence electrons. The summed E-state index contributed by atoms with van der Waals surface area (Å²) in [5.74, 6) is 0. The lowest BCUT2D eigenvalue weighted by molar-refractivity contribution is 0.468. The van der Waals surface area contributed by atoms with Crippen molar-refractivity contribution in [2.24, 2.45) is 0 Å². The first-order valence-electron chi connectivity index (χ1n) is 6.96. The quantitative estimate of drug-likeness (QED) is 0.852. The summed E-state index contributed by atoms with van der Waals surface area (Å²) in [4.78, 5) is 2.13. The highest BCUT2D eigenvalue weighted by Gasteiger charge is 2.10. The van der Waals surface area contributed by atoms with Gasteiger partial charge in [0.05, 0.1) is 0 Å². The van der Waals surface area contributed by atoms with Crippen LogP contribution in [-0.2, 0) is 6.54 Å². The van der Waals surface area contributed by atoms with Gasteiger partial charge in [0, 0.05) is 32.4 Å². The van der Waals surface area contributed by atoms with Gasteiger partial charge >= 0.3 is 0 Å². The van der Waals surface area contributed by atoms with Gasteiger partial charge in [-0.25, -0.2) is 0 Å². The lowest BCUT2D eigenvalue weighted by Gasteiger charge is -2.17. The van der Waals surface area contributed by atoms with Crippen molar-refractivity contribution in [1.82, 2.24) is 10.6 Å². The third kappa shape index (κ3) is 4.00. The number of rotatable bonds is 4. The Bertz CT molecular complexity index is 337. The summed E-state index contributed by atoms with van der Waals surface area (Å²) in [5, 5.41) is 7.12. The van der Waals surface area contributed by atoms with E-state index >= 15 is 0 Å². The molecule has 2 rings (SSSR count). The maximum Gasteiger partial charge on any atom is 0.0361 e. The zero-order valence-electron chi connectivity index (χ0n) is 11.6. The maximum absolute atomic E-state index is 3.67. The van der Waals surface area contributed by atoms with E-state index in [-0.39, 0.29) is 0 Å². The van der Waals surface area contributed by atoms with Crippen molar-refractivity contribution in [3.63, 3.8) is 0 Å². The Balaban J connectivity index is 1.81. The Labute approximate surface area is 111 Å². The van der Waals surface area contributed by atoms with Crippen LogP contribution in [0.25, 0.3) is 0 Å². The van der Waals surface area contributed by atoms with Crippen LogP contribution < -0.4 is 15.5 Å². The number of benzene rings is 1. The van der Waals surface area contributed by atoms with Crippen LogP contribution in [0.2, 0.25) is 0 Å². The molecule has 1 atom stereocenters. The van der Waals surface area contributed by atoms with Crippen LogP contribution in [0.5, 0.6) is 0 Å². The van der Waals surface area contributed by atoms with E-state index in [2.05, 4.69) is 53.9 Å². The van der Waals surface area contributed by atoms with Crippen molar-refractivity contribution < 1.29 is 0 Å². The summed E-state index contributed by atoms with van der Waals surface area (Å²) in [6.45, 7) is 3.31. The average molecular weight is 247 g/mol. The van der Waals surface area contributed by atoms with E-state index < -0.39 is 0 Å². The fourth-order valence-corrected chi connectivity index (χ4v) is 2.40. The van der Waals surface area contributed by atoms with Crippen LogP contribution in [0.1, 0.15) is 24.8 Å². The Kier molecular flexibility index (Phi) is 5.02. The van der Waals surface area contributed by atoms with Gasteiger partial charge in [-0.2, -0.15) is 0 Å². The maximum atomic E-state index is 3.67. The third-order valence-electron chi connectivity index (χ3n) is 3.62. The molecule has 3 nitrogen and oxygen atoms in total. The molecule has 0 amide bonds. The highest BCUT2D eigenvalue weighted by Crippen LogP contribution is 2.13. The molecular weight excluding hydrogens is 222 g/mol. The SMILES string of the molecule is CN(C)c1ccc(CNC2CCCNCC2)cc1. The van der Waals surface area contributed by atoms with Crippen molar-refractivity contribution in [2.45, 2.75) is 31.8 Å². The molecule has 1 fully saturated rings. The molecular formula is C15H25N3. The second-order valence-corrected chi connectivity index (χ2v) is 5.32. The number of nitrogens with zero attached hydrogens (tertiary/aromatic N) is 1. The molecule has 0 bridgehead atoms. The van der Waals surface area contributed by atoms with Gasteiger partial charge in [-0.3, -0.25) is 0 Å². The molecule has 0 radical (unpaired) electrons. The molecule has 2 N–H and O–H groups in total. The summed E-state index contributed by atoms with van der Waals surface area (Å²) in [6.07, 6.45) is 3.83. The molecule has 0 spiro atoms. The van der Waals surface area contributed by atoms with E-state index in [1.165, 1.54) is 37.1 Å². The second kappa shape index (κ2) is 6.76. The highest BCUT2D eigenvalue weighted by atomic mass is 15.1. The van der Waals surface area contributed by atoms with E-state index in [9.17, 15) is 0 Å². The largest absolute Gasteiger partial charge is 0.378 e. The number of anilines is 1. The molecule has 1 aliphatic rings. The summed E-state index contributed by atoms with van der Waals surface area (Å²) < 4.78 is 0. The summed E-state index contributed by atoms with van der Waals surface area (Å²) in [7, 11) is 4.15. The van der Waals surface area contributed by atoms with Crippen molar-refractivity contribution >= 4 is 5.69 Å². The normalized spacial score (nSPS) is 20.4. The van der Waals surface area contributed by atoms with Gasteiger partial charge in [0.2, 0.25) is 0 Å². The van der Waals surface area contributed by atoms with E-state index in [4.69, 9.17) is 0 Å². The van der Waals surface area contributed by atoms with Crippen molar-refractivity contribution in [3.05, 3.63) is 29.8 Å². The van der Waals surface area contributed by atoms with Crippen LogP contribution in [0.15, 0.2) is 24.3 Å². The van der Waals surface area contributed by atoms with Crippen LogP contribution in [-0.4, -0.2) is 33.2 Å². The smallest absolute Gasteiger partial charge is 0.0361 e. The Morgan fingerprint density at radius 2 is 1.94 bits per heavy atom. The van der Waals surface area contributed by atoms with Gasteiger partial charge in [-0.05, 0) is 50.0 Å². The minimum Gasteiger partial charge on any atom is -0.378 e. The molecule has 0 aromatic heterocycles. The fourth-order valence-electron chi connectivity index (χ4n) is 2.40. The molecule has 0 saturated carbocycles. The predicted molar refractivity (Wildman–Crippen MR) is 78.1 cm³/mol. The Morgan fingerprint density at radius 3 is 2.67 bits per heavy atom. The van der Waals surface area contributed by atoms with Crippen molar-refractivity contribution in [3.8, 4) is 0 Å². The van der Waals surface area contributed by atoms with E-state index in [0.717, 1.165) is 13.1 Å². The monoisotopic (exact) mass is 247 g/mol. The van der Waals surface area contributed by atoms with Crippen LogP contribution in [0, 0.1) is 0 Å². The van der Waals surface area contributed by atoms with E-state index in [1.807, 2.05) is 0 Å². The molecule has 3 heteroatoms. The molecule has 1 heterocycles. The van der Waals surface area contributed by atoms with Gasteiger partial charge in [0.25, 0.3) is 0 Å². The zero-order chi connectivity index (χ0) is 12.8. The van der Waals surface area contributed by atoms with Crippen LogP contribution in [0.4, 0.5) is 5.69 Å². The lowest BCUT2D eigenvalue weighted by atomic mass is 10.1. The lowest BCUT2D eigenvalue weighted by Crippen LogP contribution is -2.29. The summed E-state index contributed by atoms with van der Waals surface area (Å²) in [6, 6.07) is 9.49. The first-order valence-corrected chi connectivity index (χ1v) is 6.96. The molecule has 1 aliphatic heterocycles. The molecule has 1 unspecified atom stereocenters. The Morgan fingerprint density at radius 1 is 1.17 bits per heavy atom. The highest BCUT2D eigenvalue weighted by molar-refractivity contribution is 5.45. The molecule has 0 aliphatic carbocycles. The third-order valence-corrected chi connectivity index (χ3v) is 3.62. The molecule has 1 saturated heterocycles. The van der Waals surface area contributed by atoms with Gasteiger partial charge in [0.15, 0.2) is 0 Å². The summed E-state index contributed by atoms with van der Waals surface area (Å²) >= 11 is 0. The first-order chi connectivity index (χ1) is 8.75. The van der Waals surface area contributed by atoms with Gasteiger partial charge in [-0.1, -0.05) is 12.1 Å². The minimum absolute atomic E-state index is 0.675. The van der Waals surface area contributed by atoms with Crippen molar-refractivity contribution in [1.29, 1.82) is 0 Å².